The molecule has 0 saturated carbocycles. The number of methoxy groups -OCH3 is 1. The van der Waals surface area contributed by atoms with E-state index in [0.29, 0.717) is 44.2 Å². The number of hydrogen-bond acceptors (Lipinski definition) is 5. The van der Waals surface area contributed by atoms with Crippen LogP contribution >= 0.6 is 11.6 Å². The van der Waals surface area contributed by atoms with E-state index in [9.17, 15) is 9.59 Å². The van der Waals surface area contributed by atoms with E-state index < -0.39 is 5.97 Å². The molecule has 0 aliphatic heterocycles. The molecule has 1 heterocycles. The summed E-state index contributed by atoms with van der Waals surface area (Å²) < 4.78 is 16.7. The van der Waals surface area contributed by atoms with Crippen LogP contribution in [0.15, 0.2) is 75.9 Å². The standard InChI is InChI=1S/C24H17ClO5/c1-14-22(18-5-3-4-6-20(18)28-2)23(26)19-12-11-17(13-21(19)29-14)30-24(27)15-7-9-16(25)10-8-15/h3-13H,1-2H3. The van der Waals surface area contributed by atoms with Crippen LogP contribution in [0.1, 0.15) is 16.1 Å². The minimum atomic E-state index is -0.532. The molecule has 0 atom stereocenters. The van der Waals surface area contributed by atoms with Crippen molar-refractivity contribution in [1.29, 1.82) is 0 Å². The normalized spacial score (nSPS) is 10.8. The van der Waals surface area contributed by atoms with E-state index in [0.717, 1.165) is 0 Å². The van der Waals surface area contributed by atoms with Gasteiger partial charge in [-0.3, -0.25) is 4.79 Å². The third kappa shape index (κ3) is 3.67. The van der Waals surface area contributed by atoms with Gasteiger partial charge < -0.3 is 13.9 Å². The predicted octanol–water partition coefficient (Wildman–Crippen LogP) is 5.65. The van der Waals surface area contributed by atoms with E-state index in [4.69, 9.17) is 25.5 Å². The highest BCUT2D eigenvalue weighted by molar-refractivity contribution is 6.30. The van der Waals surface area contributed by atoms with E-state index in [1.165, 1.54) is 6.07 Å². The maximum absolute atomic E-state index is 13.2. The van der Waals surface area contributed by atoms with Crippen LogP contribution in [0.4, 0.5) is 0 Å². The number of para-hydroxylation sites is 1. The summed E-state index contributed by atoms with van der Waals surface area (Å²) in [5.41, 5.74) is 1.60. The Morgan fingerprint density at radius 3 is 2.47 bits per heavy atom. The predicted molar refractivity (Wildman–Crippen MR) is 116 cm³/mol. The minimum absolute atomic E-state index is 0.186. The molecule has 0 bridgehead atoms. The fraction of sp³-hybridized carbons (Fsp3) is 0.0833. The number of ether oxygens (including phenoxy) is 2. The first-order valence-corrected chi connectivity index (χ1v) is 9.54. The summed E-state index contributed by atoms with van der Waals surface area (Å²) in [5.74, 6) is 0.768. The Morgan fingerprint density at radius 2 is 1.73 bits per heavy atom. The number of hydrogen-bond donors (Lipinski definition) is 0. The maximum Gasteiger partial charge on any atom is 0.343 e. The summed E-state index contributed by atoms with van der Waals surface area (Å²) in [6, 6.07) is 18.3. The molecule has 0 saturated heterocycles. The molecule has 0 aliphatic rings. The summed E-state index contributed by atoms with van der Waals surface area (Å²) in [5, 5.41) is 0.910. The van der Waals surface area contributed by atoms with Crippen molar-refractivity contribution in [3.05, 3.63) is 93.3 Å². The van der Waals surface area contributed by atoms with Gasteiger partial charge >= 0.3 is 5.97 Å². The molecule has 5 nitrogen and oxygen atoms in total. The minimum Gasteiger partial charge on any atom is -0.496 e. The molecule has 0 N–H and O–H groups in total. The average molecular weight is 421 g/mol. The molecule has 0 radical (unpaired) electrons. The van der Waals surface area contributed by atoms with E-state index in [1.807, 2.05) is 18.2 Å². The Balaban J connectivity index is 1.73. The fourth-order valence-corrected chi connectivity index (χ4v) is 3.39. The number of carbonyl (C=O) groups is 1. The quantitative estimate of drug-likeness (QED) is 0.315. The first-order valence-electron chi connectivity index (χ1n) is 9.16. The largest absolute Gasteiger partial charge is 0.496 e. The van der Waals surface area contributed by atoms with Crippen LogP contribution in [0.25, 0.3) is 22.1 Å². The Kier molecular flexibility index (Phi) is 5.29. The average Bonchev–Trinajstić information content (AvgIpc) is 2.74. The first kappa shape index (κ1) is 19.7. The number of esters is 1. The molecule has 3 aromatic carbocycles. The summed E-state index contributed by atoms with van der Waals surface area (Å²) in [7, 11) is 1.55. The Bertz CT molecular complexity index is 1310. The lowest BCUT2D eigenvalue weighted by Gasteiger charge is -2.11. The van der Waals surface area contributed by atoms with E-state index in [2.05, 4.69) is 0 Å². The SMILES string of the molecule is COc1ccccc1-c1c(C)oc2cc(OC(=O)c3ccc(Cl)cc3)ccc2c1=O. The number of carbonyl (C=O) groups excluding carboxylic acids is 1. The summed E-state index contributed by atoms with van der Waals surface area (Å²) in [6.45, 7) is 1.72. The smallest absolute Gasteiger partial charge is 0.343 e. The van der Waals surface area contributed by atoms with Gasteiger partial charge in [-0.1, -0.05) is 29.8 Å². The molecule has 0 fully saturated rings. The van der Waals surface area contributed by atoms with Crippen molar-refractivity contribution in [3.63, 3.8) is 0 Å². The van der Waals surface area contributed by atoms with Crippen LogP contribution in [0.2, 0.25) is 5.02 Å². The van der Waals surface area contributed by atoms with E-state index in [-0.39, 0.29) is 11.2 Å². The molecular weight excluding hydrogens is 404 g/mol. The Labute approximate surface area is 177 Å². The van der Waals surface area contributed by atoms with Gasteiger partial charge in [0.1, 0.15) is 22.8 Å². The molecular formula is C24H17ClO5. The Hall–Kier alpha value is -3.57. The molecule has 0 amide bonds. The van der Waals surface area contributed by atoms with Crippen molar-refractivity contribution >= 4 is 28.5 Å². The highest BCUT2D eigenvalue weighted by Crippen LogP contribution is 2.32. The van der Waals surface area contributed by atoms with Gasteiger partial charge in [0, 0.05) is 16.7 Å². The van der Waals surface area contributed by atoms with Crippen molar-refractivity contribution in [2.75, 3.05) is 7.11 Å². The topological polar surface area (TPSA) is 65.7 Å². The zero-order valence-corrected chi connectivity index (χ0v) is 17.0. The summed E-state index contributed by atoms with van der Waals surface area (Å²) in [4.78, 5) is 25.5. The number of fused-ring (bicyclic) bond motifs is 1. The first-order chi connectivity index (χ1) is 14.5. The van der Waals surface area contributed by atoms with Crippen LogP contribution in [0.5, 0.6) is 11.5 Å². The van der Waals surface area contributed by atoms with Gasteiger partial charge in [-0.25, -0.2) is 4.79 Å². The zero-order valence-electron chi connectivity index (χ0n) is 16.3. The lowest BCUT2D eigenvalue weighted by molar-refractivity contribution is 0.0735. The van der Waals surface area contributed by atoms with Gasteiger partial charge in [-0.05, 0) is 49.4 Å². The molecule has 150 valence electrons. The van der Waals surface area contributed by atoms with Crippen LogP contribution in [-0.4, -0.2) is 13.1 Å². The second kappa shape index (κ2) is 8.05. The Morgan fingerprint density at radius 1 is 1.00 bits per heavy atom. The lowest BCUT2D eigenvalue weighted by Crippen LogP contribution is -2.10. The van der Waals surface area contributed by atoms with Gasteiger partial charge in [0.2, 0.25) is 5.43 Å². The molecule has 6 heteroatoms. The third-order valence-corrected chi connectivity index (χ3v) is 4.96. The van der Waals surface area contributed by atoms with Crippen molar-refractivity contribution in [2.24, 2.45) is 0 Å². The second-order valence-electron chi connectivity index (χ2n) is 6.62. The highest BCUT2D eigenvalue weighted by Gasteiger charge is 2.18. The maximum atomic E-state index is 13.2. The summed E-state index contributed by atoms with van der Waals surface area (Å²) >= 11 is 5.85. The molecule has 0 unspecified atom stereocenters. The number of aryl methyl sites for hydroxylation is 1. The van der Waals surface area contributed by atoms with Gasteiger partial charge in [0.25, 0.3) is 0 Å². The van der Waals surface area contributed by atoms with Gasteiger partial charge in [0.15, 0.2) is 0 Å². The van der Waals surface area contributed by atoms with Crippen LogP contribution < -0.4 is 14.9 Å². The van der Waals surface area contributed by atoms with E-state index >= 15 is 0 Å². The van der Waals surface area contributed by atoms with Crippen LogP contribution in [0, 0.1) is 6.92 Å². The molecule has 1 aromatic heterocycles. The molecule has 30 heavy (non-hydrogen) atoms. The van der Waals surface area contributed by atoms with Gasteiger partial charge in [0.05, 0.1) is 23.6 Å². The molecule has 4 aromatic rings. The van der Waals surface area contributed by atoms with Crippen molar-refractivity contribution in [2.45, 2.75) is 6.92 Å². The summed E-state index contributed by atoms with van der Waals surface area (Å²) in [6.07, 6.45) is 0. The molecule has 0 aliphatic carbocycles. The second-order valence-corrected chi connectivity index (χ2v) is 7.05. The van der Waals surface area contributed by atoms with Crippen molar-refractivity contribution < 1.29 is 18.7 Å². The molecule has 0 spiro atoms. The number of benzene rings is 3. The highest BCUT2D eigenvalue weighted by atomic mass is 35.5. The number of halogens is 1. The van der Waals surface area contributed by atoms with Crippen molar-refractivity contribution in [3.8, 4) is 22.6 Å². The lowest BCUT2D eigenvalue weighted by atomic mass is 10.0. The van der Waals surface area contributed by atoms with E-state index in [1.54, 1.807) is 56.5 Å². The monoisotopic (exact) mass is 420 g/mol. The molecule has 4 rings (SSSR count). The van der Waals surface area contributed by atoms with Crippen LogP contribution in [0.3, 0.4) is 0 Å². The van der Waals surface area contributed by atoms with Crippen molar-refractivity contribution in [1.82, 2.24) is 0 Å². The zero-order chi connectivity index (χ0) is 21.3. The van der Waals surface area contributed by atoms with Crippen LogP contribution in [-0.2, 0) is 0 Å². The number of rotatable bonds is 4. The van der Waals surface area contributed by atoms with Gasteiger partial charge in [-0.2, -0.15) is 0 Å². The third-order valence-electron chi connectivity index (χ3n) is 4.71. The van der Waals surface area contributed by atoms with Gasteiger partial charge in [-0.15, -0.1) is 0 Å². The fourth-order valence-electron chi connectivity index (χ4n) is 3.26.